The molecule has 1 aromatic rings. The van der Waals surface area contributed by atoms with E-state index in [2.05, 4.69) is 5.32 Å². The van der Waals surface area contributed by atoms with Crippen LogP contribution in [0.3, 0.4) is 0 Å². The monoisotopic (exact) mass is 309 g/mol. The number of carbonyl (C=O) groups excluding carboxylic acids is 1. The van der Waals surface area contributed by atoms with E-state index in [1.807, 2.05) is 39.2 Å². The predicted octanol–water partition coefficient (Wildman–Crippen LogP) is 2.92. The lowest BCUT2D eigenvalue weighted by molar-refractivity contribution is -0.139. The van der Waals surface area contributed by atoms with Gasteiger partial charge in [0.05, 0.1) is 0 Å². The van der Waals surface area contributed by atoms with Crippen LogP contribution in [0.5, 0.6) is 0 Å². The van der Waals surface area contributed by atoms with Crippen LogP contribution in [0.25, 0.3) is 0 Å². The summed E-state index contributed by atoms with van der Waals surface area (Å²) >= 11 is 1.56. The molecule has 0 saturated carbocycles. The normalized spacial score (nSPS) is 12.8. The van der Waals surface area contributed by atoms with Gasteiger partial charge < -0.3 is 10.4 Å². The molecule has 1 rings (SSSR count). The minimum atomic E-state index is -0.995. The molecule has 0 saturated heterocycles. The highest BCUT2D eigenvalue weighted by atomic mass is 32.2. The molecule has 21 heavy (non-hydrogen) atoms. The Balaban J connectivity index is 2.96. The molecule has 0 radical (unpaired) electrons. The molecule has 0 aromatic heterocycles. The van der Waals surface area contributed by atoms with E-state index in [-0.39, 0.29) is 11.3 Å². The number of carboxylic acids is 1. The lowest BCUT2D eigenvalue weighted by Crippen LogP contribution is -2.41. The van der Waals surface area contributed by atoms with Crippen molar-refractivity contribution < 1.29 is 14.7 Å². The Bertz CT molecular complexity index is 508. The van der Waals surface area contributed by atoms with Crippen molar-refractivity contribution in [2.24, 2.45) is 0 Å². The van der Waals surface area contributed by atoms with Crippen LogP contribution < -0.4 is 5.32 Å². The molecule has 0 fully saturated rings. The van der Waals surface area contributed by atoms with Crippen molar-refractivity contribution in [2.75, 3.05) is 12.0 Å². The molecule has 116 valence electrons. The number of hydrogen-bond acceptors (Lipinski definition) is 3. The van der Waals surface area contributed by atoms with Gasteiger partial charge in [-0.05, 0) is 35.5 Å². The van der Waals surface area contributed by atoms with Crippen LogP contribution in [0.1, 0.15) is 43.1 Å². The summed E-state index contributed by atoms with van der Waals surface area (Å²) < 4.78 is 0. The minimum absolute atomic E-state index is 0.175. The van der Waals surface area contributed by atoms with Gasteiger partial charge >= 0.3 is 5.97 Å². The van der Waals surface area contributed by atoms with Crippen molar-refractivity contribution in [1.29, 1.82) is 0 Å². The quantitative estimate of drug-likeness (QED) is 0.848. The van der Waals surface area contributed by atoms with Gasteiger partial charge in [-0.3, -0.25) is 4.79 Å². The minimum Gasteiger partial charge on any atom is -0.480 e. The van der Waals surface area contributed by atoms with Crippen molar-refractivity contribution >= 4 is 23.6 Å². The number of carboxylic acid groups (broad SMARTS) is 1. The highest BCUT2D eigenvalue weighted by Crippen LogP contribution is 2.25. The topological polar surface area (TPSA) is 66.4 Å². The number of carbonyl (C=O) groups is 2. The Morgan fingerprint density at radius 2 is 1.90 bits per heavy atom. The second kappa shape index (κ2) is 7.50. The summed E-state index contributed by atoms with van der Waals surface area (Å²) in [4.78, 5) is 23.6. The maximum atomic E-state index is 12.4. The fourth-order valence-electron chi connectivity index (χ4n) is 2.06. The van der Waals surface area contributed by atoms with Crippen LogP contribution in [0, 0.1) is 0 Å². The smallest absolute Gasteiger partial charge is 0.326 e. The molecule has 0 aliphatic rings. The summed E-state index contributed by atoms with van der Waals surface area (Å²) in [5.74, 6) is -0.627. The Labute approximate surface area is 130 Å². The zero-order valence-electron chi connectivity index (χ0n) is 13.0. The predicted molar refractivity (Wildman–Crippen MR) is 87.0 cm³/mol. The number of aliphatic carboxylic acids is 1. The average molecular weight is 309 g/mol. The van der Waals surface area contributed by atoms with E-state index in [1.54, 1.807) is 23.9 Å². The molecular formula is C16H23NO3S. The first-order chi connectivity index (χ1) is 9.77. The van der Waals surface area contributed by atoms with Gasteiger partial charge in [0, 0.05) is 5.56 Å². The van der Waals surface area contributed by atoms with Gasteiger partial charge in [-0.2, -0.15) is 11.8 Å². The number of benzene rings is 1. The zero-order valence-corrected chi connectivity index (χ0v) is 13.8. The van der Waals surface area contributed by atoms with Gasteiger partial charge in [0.25, 0.3) is 5.91 Å². The molecule has 0 bridgehead atoms. The van der Waals surface area contributed by atoms with Crippen LogP contribution >= 0.6 is 11.8 Å². The number of amides is 1. The third-order valence-corrected chi connectivity index (χ3v) is 3.84. The SMILES string of the molecule is CSCCC(NC(=O)c1ccccc1C(C)(C)C)C(=O)O. The molecule has 1 unspecified atom stereocenters. The molecule has 2 N–H and O–H groups in total. The van der Waals surface area contributed by atoms with Crippen molar-refractivity contribution in [3.8, 4) is 0 Å². The average Bonchev–Trinajstić information content (AvgIpc) is 2.42. The summed E-state index contributed by atoms with van der Waals surface area (Å²) in [6.45, 7) is 6.09. The third kappa shape index (κ3) is 5.08. The highest BCUT2D eigenvalue weighted by molar-refractivity contribution is 7.98. The molecule has 0 aliphatic carbocycles. The lowest BCUT2D eigenvalue weighted by Gasteiger charge is -2.23. The largest absolute Gasteiger partial charge is 0.480 e. The number of hydrogen-bond donors (Lipinski definition) is 2. The van der Waals surface area contributed by atoms with Crippen molar-refractivity contribution in [3.05, 3.63) is 35.4 Å². The van der Waals surface area contributed by atoms with Gasteiger partial charge in [0.1, 0.15) is 6.04 Å². The van der Waals surface area contributed by atoms with Gasteiger partial charge in [-0.25, -0.2) is 4.79 Å². The fourth-order valence-corrected chi connectivity index (χ4v) is 2.54. The standard InChI is InChI=1S/C16H23NO3S/c1-16(2,3)12-8-6-5-7-11(12)14(18)17-13(15(19)20)9-10-21-4/h5-8,13H,9-10H2,1-4H3,(H,17,18)(H,19,20). The first-order valence-corrected chi connectivity index (χ1v) is 8.29. The molecule has 1 atom stereocenters. The van der Waals surface area contributed by atoms with Crippen LogP contribution in [-0.4, -0.2) is 35.0 Å². The van der Waals surface area contributed by atoms with E-state index >= 15 is 0 Å². The molecule has 0 heterocycles. The number of thioether (sulfide) groups is 1. The van der Waals surface area contributed by atoms with E-state index in [4.69, 9.17) is 0 Å². The van der Waals surface area contributed by atoms with E-state index < -0.39 is 12.0 Å². The van der Waals surface area contributed by atoms with Gasteiger partial charge in [-0.1, -0.05) is 39.0 Å². The van der Waals surface area contributed by atoms with Crippen LogP contribution in [0.2, 0.25) is 0 Å². The highest BCUT2D eigenvalue weighted by Gasteiger charge is 2.24. The number of nitrogens with one attached hydrogen (secondary N) is 1. The maximum Gasteiger partial charge on any atom is 0.326 e. The second-order valence-corrected chi connectivity index (χ2v) is 6.93. The number of rotatable bonds is 6. The summed E-state index contributed by atoms with van der Waals surface area (Å²) in [5, 5.41) is 11.8. The van der Waals surface area contributed by atoms with Gasteiger partial charge in [0.15, 0.2) is 0 Å². The molecule has 4 nitrogen and oxygen atoms in total. The molecule has 0 aliphatic heterocycles. The third-order valence-electron chi connectivity index (χ3n) is 3.19. The van der Waals surface area contributed by atoms with Crippen LogP contribution in [-0.2, 0) is 10.2 Å². The maximum absolute atomic E-state index is 12.4. The van der Waals surface area contributed by atoms with Gasteiger partial charge in [-0.15, -0.1) is 0 Å². The summed E-state index contributed by atoms with van der Waals surface area (Å²) in [6, 6.07) is 6.48. The van der Waals surface area contributed by atoms with E-state index in [9.17, 15) is 14.7 Å². The first kappa shape index (κ1) is 17.6. The van der Waals surface area contributed by atoms with E-state index in [1.165, 1.54) is 0 Å². The molecule has 1 amide bonds. The van der Waals surface area contributed by atoms with E-state index in [0.29, 0.717) is 17.7 Å². The van der Waals surface area contributed by atoms with E-state index in [0.717, 1.165) is 5.56 Å². The van der Waals surface area contributed by atoms with Crippen molar-refractivity contribution in [1.82, 2.24) is 5.32 Å². The van der Waals surface area contributed by atoms with Crippen LogP contribution in [0.15, 0.2) is 24.3 Å². The lowest BCUT2D eigenvalue weighted by atomic mass is 9.83. The van der Waals surface area contributed by atoms with Crippen LogP contribution in [0.4, 0.5) is 0 Å². The Kier molecular flexibility index (Phi) is 6.27. The molecule has 5 heteroatoms. The Morgan fingerprint density at radius 1 is 1.29 bits per heavy atom. The Hall–Kier alpha value is -1.49. The van der Waals surface area contributed by atoms with Crippen molar-refractivity contribution in [2.45, 2.75) is 38.6 Å². The first-order valence-electron chi connectivity index (χ1n) is 6.89. The summed E-state index contributed by atoms with van der Waals surface area (Å²) in [6.07, 6.45) is 2.33. The molecule has 1 aromatic carbocycles. The molecule has 0 spiro atoms. The van der Waals surface area contributed by atoms with Gasteiger partial charge in [0.2, 0.25) is 0 Å². The summed E-state index contributed by atoms with van der Waals surface area (Å²) in [5.41, 5.74) is 1.28. The van der Waals surface area contributed by atoms with Crippen molar-refractivity contribution in [3.63, 3.8) is 0 Å². The molecular weight excluding hydrogens is 286 g/mol. The summed E-state index contributed by atoms with van der Waals surface area (Å²) in [7, 11) is 0. The fraction of sp³-hybridized carbons (Fsp3) is 0.500. The zero-order chi connectivity index (χ0) is 16.0. The second-order valence-electron chi connectivity index (χ2n) is 5.94. The Morgan fingerprint density at radius 3 is 2.43 bits per heavy atom.